The number of non-ortho nitro benzene ring substituents is 1. The minimum Gasteiger partial charge on any atom is -0.396 e. The molecule has 0 aliphatic heterocycles. The average Bonchev–Trinajstić information content (AvgIpc) is 2.26. The second-order valence-electron chi connectivity index (χ2n) is 3.44. The van der Waals surface area contributed by atoms with Crippen molar-refractivity contribution < 1.29 is 10.0 Å². The van der Waals surface area contributed by atoms with Crippen LogP contribution in [0.4, 0.5) is 5.69 Å². The quantitative estimate of drug-likeness (QED) is 0.640. The molecule has 0 fully saturated rings. The number of nitrogens with zero attached hydrogens (tertiary/aromatic N) is 1. The topological polar surface area (TPSA) is 89.4 Å². The van der Waals surface area contributed by atoms with E-state index in [0.29, 0.717) is 23.4 Å². The summed E-state index contributed by atoms with van der Waals surface area (Å²) >= 11 is 5.91. The van der Waals surface area contributed by atoms with Crippen LogP contribution in [0.15, 0.2) is 18.2 Å². The summed E-state index contributed by atoms with van der Waals surface area (Å²) in [6, 6.07) is 3.79. The zero-order chi connectivity index (χ0) is 12.1. The monoisotopic (exact) mass is 280 g/mol. The predicted molar refractivity (Wildman–Crippen MR) is 68.6 cm³/mol. The Labute approximate surface area is 110 Å². The summed E-state index contributed by atoms with van der Waals surface area (Å²) in [7, 11) is 0. The second kappa shape index (κ2) is 7.45. The summed E-state index contributed by atoms with van der Waals surface area (Å²) in [5.74, 6) is 0. The van der Waals surface area contributed by atoms with Crippen LogP contribution >= 0.6 is 24.0 Å². The fourth-order valence-corrected chi connectivity index (χ4v) is 1.65. The fourth-order valence-electron chi connectivity index (χ4n) is 1.40. The van der Waals surface area contributed by atoms with Crippen LogP contribution in [0.5, 0.6) is 0 Å². The van der Waals surface area contributed by atoms with Gasteiger partial charge in [-0.15, -0.1) is 12.4 Å². The lowest BCUT2D eigenvalue weighted by Gasteiger charge is -2.12. The maximum Gasteiger partial charge on any atom is 0.269 e. The van der Waals surface area contributed by atoms with Crippen molar-refractivity contribution in [2.24, 2.45) is 5.73 Å². The Kier molecular flexibility index (Phi) is 7.06. The Morgan fingerprint density at radius 1 is 1.53 bits per heavy atom. The molecule has 0 amide bonds. The van der Waals surface area contributed by atoms with Crippen molar-refractivity contribution in [2.45, 2.75) is 18.9 Å². The summed E-state index contributed by atoms with van der Waals surface area (Å²) in [6.07, 6.45) is 1.08. The van der Waals surface area contributed by atoms with Gasteiger partial charge in [0.05, 0.1) is 4.92 Å². The number of rotatable bonds is 5. The van der Waals surface area contributed by atoms with Crippen molar-refractivity contribution in [3.63, 3.8) is 0 Å². The van der Waals surface area contributed by atoms with Crippen LogP contribution in [-0.2, 0) is 0 Å². The third-order valence-corrected chi connectivity index (χ3v) is 2.61. The zero-order valence-corrected chi connectivity index (χ0v) is 10.6. The first-order valence-corrected chi connectivity index (χ1v) is 5.24. The zero-order valence-electron chi connectivity index (χ0n) is 9.01. The number of nitrogens with two attached hydrogens (primary N) is 1. The third kappa shape index (κ3) is 4.47. The average molecular weight is 281 g/mol. The molecule has 0 aliphatic carbocycles. The first-order chi connectivity index (χ1) is 7.56. The van der Waals surface area contributed by atoms with Crippen LogP contribution in [0.1, 0.15) is 24.4 Å². The molecule has 0 radical (unpaired) electrons. The van der Waals surface area contributed by atoms with Gasteiger partial charge in [-0.05, 0) is 24.5 Å². The van der Waals surface area contributed by atoms with Gasteiger partial charge in [0.1, 0.15) is 0 Å². The van der Waals surface area contributed by atoms with Crippen molar-refractivity contribution in [1.29, 1.82) is 0 Å². The molecular formula is C10H14Cl2N2O3. The van der Waals surface area contributed by atoms with E-state index in [4.69, 9.17) is 22.4 Å². The number of hydrogen-bond acceptors (Lipinski definition) is 4. The minimum absolute atomic E-state index is 0. The highest BCUT2D eigenvalue weighted by Gasteiger charge is 2.14. The largest absolute Gasteiger partial charge is 0.396 e. The van der Waals surface area contributed by atoms with Crippen LogP contribution in [-0.4, -0.2) is 16.6 Å². The Hall–Kier alpha value is -0.880. The number of halogens is 2. The van der Waals surface area contributed by atoms with Gasteiger partial charge < -0.3 is 10.8 Å². The second-order valence-corrected chi connectivity index (χ2v) is 3.84. The van der Waals surface area contributed by atoms with Gasteiger partial charge in [-0.3, -0.25) is 10.1 Å². The van der Waals surface area contributed by atoms with Crippen LogP contribution in [0, 0.1) is 10.1 Å². The Bertz CT molecular complexity index is 388. The summed E-state index contributed by atoms with van der Waals surface area (Å²) in [5.41, 5.74) is 6.35. The molecule has 7 heteroatoms. The van der Waals surface area contributed by atoms with E-state index in [2.05, 4.69) is 0 Å². The number of aliphatic hydroxyl groups excluding tert-OH is 1. The standard InChI is InChI=1S/C10H13ClN2O3.ClH/c11-9-4-3-7(13(15)16)6-8(9)10(12)2-1-5-14;/h3-4,6,10,14H,1-2,5,12H2;1H/t10-;/m0./s1. The third-order valence-electron chi connectivity index (χ3n) is 2.26. The lowest BCUT2D eigenvalue weighted by atomic mass is 10.0. The minimum atomic E-state index is -0.488. The fraction of sp³-hybridized carbons (Fsp3) is 0.400. The van der Waals surface area contributed by atoms with Gasteiger partial charge in [0, 0.05) is 29.8 Å². The van der Waals surface area contributed by atoms with E-state index in [1.165, 1.54) is 18.2 Å². The lowest BCUT2D eigenvalue weighted by Crippen LogP contribution is -2.11. The molecule has 0 aliphatic rings. The van der Waals surface area contributed by atoms with Crippen LogP contribution in [0.2, 0.25) is 5.02 Å². The molecule has 5 nitrogen and oxygen atoms in total. The maximum atomic E-state index is 10.6. The van der Waals surface area contributed by atoms with Gasteiger partial charge in [-0.2, -0.15) is 0 Å². The van der Waals surface area contributed by atoms with Crippen LogP contribution < -0.4 is 5.73 Å². The van der Waals surface area contributed by atoms with Gasteiger partial charge in [0.2, 0.25) is 0 Å². The highest BCUT2D eigenvalue weighted by atomic mass is 35.5. The Morgan fingerprint density at radius 3 is 2.71 bits per heavy atom. The van der Waals surface area contributed by atoms with E-state index in [0.717, 1.165) is 0 Å². The van der Waals surface area contributed by atoms with Crippen molar-refractivity contribution >= 4 is 29.7 Å². The number of nitro groups is 1. The van der Waals surface area contributed by atoms with Crippen molar-refractivity contribution in [2.75, 3.05) is 6.61 Å². The van der Waals surface area contributed by atoms with Gasteiger partial charge >= 0.3 is 0 Å². The molecule has 0 spiro atoms. The summed E-state index contributed by atoms with van der Waals surface area (Å²) in [5, 5.41) is 19.7. The van der Waals surface area contributed by atoms with Crippen molar-refractivity contribution in [3.05, 3.63) is 38.9 Å². The molecule has 1 aromatic carbocycles. The van der Waals surface area contributed by atoms with E-state index < -0.39 is 4.92 Å². The number of aliphatic hydroxyl groups is 1. The van der Waals surface area contributed by atoms with E-state index in [-0.39, 0.29) is 30.7 Å². The first kappa shape index (κ1) is 16.1. The number of hydrogen-bond donors (Lipinski definition) is 2. The van der Waals surface area contributed by atoms with E-state index >= 15 is 0 Å². The molecule has 1 aromatic rings. The molecule has 0 heterocycles. The Balaban J connectivity index is 0.00000256. The lowest BCUT2D eigenvalue weighted by molar-refractivity contribution is -0.384. The van der Waals surface area contributed by atoms with Crippen molar-refractivity contribution in [3.8, 4) is 0 Å². The normalized spacial score (nSPS) is 11.7. The van der Waals surface area contributed by atoms with Crippen molar-refractivity contribution in [1.82, 2.24) is 0 Å². The van der Waals surface area contributed by atoms with E-state index in [9.17, 15) is 10.1 Å². The van der Waals surface area contributed by atoms with E-state index in [1.54, 1.807) is 0 Å². The van der Waals surface area contributed by atoms with Crippen LogP contribution in [0.25, 0.3) is 0 Å². The van der Waals surface area contributed by atoms with Crippen LogP contribution in [0.3, 0.4) is 0 Å². The molecule has 3 N–H and O–H groups in total. The van der Waals surface area contributed by atoms with Gasteiger partial charge in [-0.25, -0.2) is 0 Å². The maximum absolute atomic E-state index is 10.6. The highest BCUT2D eigenvalue weighted by molar-refractivity contribution is 6.31. The first-order valence-electron chi connectivity index (χ1n) is 4.86. The summed E-state index contributed by atoms with van der Waals surface area (Å²) in [4.78, 5) is 10.1. The molecule has 96 valence electrons. The van der Waals surface area contributed by atoms with Gasteiger partial charge in [0.15, 0.2) is 0 Å². The molecule has 0 saturated heterocycles. The highest BCUT2D eigenvalue weighted by Crippen LogP contribution is 2.28. The molecule has 1 atom stereocenters. The molecule has 0 saturated carbocycles. The molecule has 17 heavy (non-hydrogen) atoms. The number of benzene rings is 1. The van der Waals surface area contributed by atoms with E-state index in [1.807, 2.05) is 0 Å². The van der Waals surface area contributed by atoms with Gasteiger partial charge in [-0.1, -0.05) is 11.6 Å². The molecule has 0 bridgehead atoms. The number of nitro benzene ring substituents is 1. The predicted octanol–water partition coefficient (Wildman–Crippen LogP) is 2.44. The molecule has 0 aromatic heterocycles. The molecule has 0 unspecified atom stereocenters. The molecular weight excluding hydrogens is 267 g/mol. The smallest absolute Gasteiger partial charge is 0.269 e. The Morgan fingerprint density at radius 2 is 2.18 bits per heavy atom. The summed E-state index contributed by atoms with van der Waals surface area (Å²) < 4.78 is 0. The van der Waals surface area contributed by atoms with Gasteiger partial charge in [0.25, 0.3) is 5.69 Å². The summed E-state index contributed by atoms with van der Waals surface area (Å²) in [6.45, 7) is 0.0419. The molecule has 1 rings (SSSR count). The SMILES string of the molecule is Cl.N[C@@H](CCCO)c1cc([N+](=O)[O-])ccc1Cl.